The molecule has 2 fully saturated rings. The van der Waals surface area contributed by atoms with Crippen molar-refractivity contribution in [3.05, 3.63) is 11.7 Å². The number of hydrogen-bond acceptors (Lipinski definition) is 4. The van der Waals surface area contributed by atoms with Crippen LogP contribution in [0.3, 0.4) is 0 Å². The number of aromatic nitrogens is 2. The molecule has 0 aliphatic heterocycles. The van der Waals surface area contributed by atoms with E-state index in [2.05, 4.69) is 24.3 Å². The van der Waals surface area contributed by atoms with E-state index in [-0.39, 0.29) is 0 Å². The lowest BCUT2D eigenvalue weighted by molar-refractivity contribution is 0.242. The predicted octanol–water partition coefficient (Wildman–Crippen LogP) is 3.68. The average molecular weight is 291 g/mol. The normalized spacial score (nSPS) is 33.4. The number of nitrogens with zero attached hydrogens (tertiary/aromatic N) is 2. The third-order valence-corrected chi connectivity index (χ3v) is 5.36. The van der Waals surface area contributed by atoms with Crippen LogP contribution in [-0.2, 0) is 6.42 Å². The first-order valence-electron chi connectivity index (χ1n) is 8.82. The zero-order valence-electron chi connectivity index (χ0n) is 13.5. The zero-order chi connectivity index (χ0) is 14.7. The summed E-state index contributed by atoms with van der Waals surface area (Å²) in [7, 11) is 0. The van der Waals surface area contributed by atoms with E-state index in [0.717, 1.165) is 30.6 Å². The van der Waals surface area contributed by atoms with Crippen LogP contribution >= 0.6 is 0 Å². The van der Waals surface area contributed by atoms with Crippen molar-refractivity contribution in [2.75, 3.05) is 6.54 Å². The van der Waals surface area contributed by atoms with E-state index in [0.29, 0.717) is 17.9 Å². The summed E-state index contributed by atoms with van der Waals surface area (Å²) >= 11 is 0. The molecule has 0 saturated heterocycles. The molecule has 0 aromatic carbocycles. The van der Waals surface area contributed by atoms with E-state index in [1.807, 2.05) is 0 Å². The summed E-state index contributed by atoms with van der Waals surface area (Å²) < 4.78 is 5.55. The minimum absolute atomic E-state index is 0.536. The minimum atomic E-state index is 0.536. The zero-order valence-corrected chi connectivity index (χ0v) is 13.5. The molecule has 4 atom stereocenters. The van der Waals surface area contributed by atoms with Gasteiger partial charge in [-0.3, -0.25) is 0 Å². The van der Waals surface area contributed by atoms with Crippen LogP contribution in [0.15, 0.2) is 4.52 Å². The molecule has 4 heteroatoms. The summed E-state index contributed by atoms with van der Waals surface area (Å²) in [5, 5.41) is 7.90. The van der Waals surface area contributed by atoms with Crippen molar-refractivity contribution >= 4 is 0 Å². The largest absolute Gasteiger partial charge is 0.339 e. The van der Waals surface area contributed by atoms with Gasteiger partial charge < -0.3 is 9.84 Å². The molecule has 4 nitrogen and oxygen atoms in total. The van der Waals surface area contributed by atoms with Crippen LogP contribution in [0.4, 0.5) is 0 Å². The Morgan fingerprint density at radius 1 is 1.19 bits per heavy atom. The van der Waals surface area contributed by atoms with Crippen LogP contribution in [0.5, 0.6) is 0 Å². The third kappa shape index (κ3) is 3.65. The van der Waals surface area contributed by atoms with Crippen LogP contribution in [0.2, 0.25) is 0 Å². The molecular weight excluding hydrogens is 262 g/mol. The Morgan fingerprint density at radius 2 is 2.05 bits per heavy atom. The molecular formula is C17H29N3O. The van der Waals surface area contributed by atoms with Gasteiger partial charge in [0.15, 0.2) is 5.82 Å². The lowest BCUT2D eigenvalue weighted by Crippen LogP contribution is -2.39. The minimum Gasteiger partial charge on any atom is -0.339 e. The topological polar surface area (TPSA) is 51.0 Å². The predicted molar refractivity (Wildman–Crippen MR) is 83.2 cm³/mol. The molecule has 0 spiro atoms. The highest BCUT2D eigenvalue weighted by atomic mass is 16.5. The smallest absolute Gasteiger partial charge is 0.226 e. The molecule has 1 heterocycles. The standard InChI is InChI=1S/C17H29N3O/c1-3-18-15-7-5-4-6-13(15)11-16-19-17(20-21-16)14-9-8-12(2)10-14/h12-15,18H,3-11H2,1-2H3. The van der Waals surface area contributed by atoms with Crippen molar-refractivity contribution in [1.29, 1.82) is 0 Å². The second-order valence-corrected chi connectivity index (χ2v) is 7.07. The van der Waals surface area contributed by atoms with Crippen molar-refractivity contribution in [1.82, 2.24) is 15.5 Å². The number of nitrogens with one attached hydrogen (secondary N) is 1. The van der Waals surface area contributed by atoms with Gasteiger partial charge >= 0.3 is 0 Å². The second kappa shape index (κ2) is 6.91. The van der Waals surface area contributed by atoms with Gasteiger partial charge in [0.2, 0.25) is 5.89 Å². The first-order chi connectivity index (χ1) is 10.3. The van der Waals surface area contributed by atoms with Gasteiger partial charge in [-0.25, -0.2) is 0 Å². The Morgan fingerprint density at radius 3 is 2.81 bits per heavy atom. The Bertz CT molecular complexity index is 443. The highest BCUT2D eigenvalue weighted by molar-refractivity contribution is 5.00. The summed E-state index contributed by atoms with van der Waals surface area (Å²) in [6.07, 6.45) is 9.98. The molecule has 1 aromatic heterocycles. The van der Waals surface area contributed by atoms with Crippen molar-refractivity contribution in [2.24, 2.45) is 11.8 Å². The molecule has 118 valence electrons. The van der Waals surface area contributed by atoms with Gasteiger partial charge in [-0.15, -0.1) is 0 Å². The summed E-state index contributed by atoms with van der Waals surface area (Å²) in [6.45, 7) is 5.57. The number of rotatable bonds is 5. The molecule has 0 amide bonds. The molecule has 2 aliphatic rings. The van der Waals surface area contributed by atoms with E-state index in [1.165, 1.54) is 44.9 Å². The van der Waals surface area contributed by atoms with Gasteiger partial charge in [-0.2, -0.15) is 4.98 Å². The fraction of sp³-hybridized carbons (Fsp3) is 0.882. The fourth-order valence-corrected chi connectivity index (χ4v) is 4.17. The quantitative estimate of drug-likeness (QED) is 0.899. The van der Waals surface area contributed by atoms with Crippen LogP contribution in [-0.4, -0.2) is 22.7 Å². The molecule has 0 bridgehead atoms. The van der Waals surface area contributed by atoms with Gasteiger partial charge in [-0.1, -0.05) is 31.8 Å². The highest BCUT2D eigenvalue weighted by Gasteiger charge is 2.29. The molecule has 2 aliphatic carbocycles. The Kier molecular flexibility index (Phi) is 4.94. The maximum Gasteiger partial charge on any atom is 0.226 e. The average Bonchev–Trinajstić information content (AvgIpc) is 3.10. The van der Waals surface area contributed by atoms with Crippen LogP contribution < -0.4 is 5.32 Å². The van der Waals surface area contributed by atoms with Crippen LogP contribution in [0.1, 0.15) is 76.4 Å². The SMILES string of the molecule is CCNC1CCCCC1Cc1nc(C2CCC(C)C2)no1. The molecule has 1 aromatic rings. The Balaban J connectivity index is 1.60. The fourth-order valence-electron chi connectivity index (χ4n) is 4.17. The molecule has 2 saturated carbocycles. The monoisotopic (exact) mass is 291 g/mol. The molecule has 4 unspecified atom stereocenters. The highest BCUT2D eigenvalue weighted by Crippen LogP contribution is 2.36. The summed E-state index contributed by atoms with van der Waals surface area (Å²) in [5.74, 6) is 3.83. The Labute approximate surface area is 128 Å². The van der Waals surface area contributed by atoms with Gasteiger partial charge in [0.05, 0.1) is 0 Å². The molecule has 21 heavy (non-hydrogen) atoms. The molecule has 3 rings (SSSR count). The van der Waals surface area contributed by atoms with Gasteiger partial charge in [-0.05, 0) is 50.5 Å². The van der Waals surface area contributed by atoms with E-state index < -0.39 is 0 Å². The summed E-state index contributed by atoms with van der Waals surface area (Å²) in [4.78, 5) is 4.71. The molecule has 0 radical (unpaired) electrons. The number of hydrogen-bond donors (Lipinski definition) is 1. The van der Waals surface area contributed by atoms with Crippen LogP contribution in [0, 0.1) is 11.8 Å². The first kappa shape index (κ1) is 15.0. The van der Waals surface area contributed by atoms with Crippen molar-refractivity contribution < 1.29 is 4.52 Å². The van der Waals surface area contributed by atoms with E-state index in [4.69, 9.17) is 9.51 Å². The first-order valence-corrected chi connectivity index (χ1v) is 8.82. The Hall–Kier alpha value is -0.900. The van der Waals surface area contributed by atoms with E-state index >= 15 is 0 Å². The summed E-state index contributed by atoms with van der Waals surface area (Å²) in [6, 6.07) is 0.630. The summed E-state index contributed by atoms with van der Waals surface area (Å²) in [5.41, 5.74) is 0. The molecule has 1 N–H and O–H groups in total. The van der Waals surface area contributed by atoms with Gasteiger partial charge in [0.1, 0.15) is 0 Å². The van der Waals surface area contributed by atoms with Gasteiger partial charge in [0.25, 0.3) is 0 Å². The van der Waals surface area contributed by atoms with E-state index in [9.17, 15) is 0 Å². The maximum absolute atomic E-state index is 5.55. The van der Waals surface area contributed by atoms with Crippen molar-refractivity contribution in [3.63, 3.8) is 0 Å². The van der Waals surface area contributed by atoms with Crippen molar-refractivity contribution in [2.45, 2.75) is 77.2 Å². The maximum atomic E-state index is 5.55. The van der Waals surface area contributed by atoms with Crippen LogP contribution in [0.25, 0.3) is 0 Å². The third-order valence-electron chi connectivity index (χ3n) is 5.36. The lowest BCUT2D eigenvalue weighted by atomic mass is 9.82. The van der Waals surface area contributed by atoms with E-state index in [1.54, 1.807) is 0 Å². The van der Waals surface area contributed by atoms with Gasteiger partial charge in [0, 0.05) is 18.4 Å². The van der Waals surface area contributed by atoms with Crippen molar-refractivity contribution in [3.8, 4) is 0 Å². The lowest BCUT2D eigenvalue weighted by Gasteiger charge is -2.31. The second-order valence-electron chi connectivity index (χ2n) is 7.07.